The zero-order valence-electron chi connectivity index (χ0n) is 10.9. The van der Waals surface area contributed by atoms with Crippen molar-refractivity contribution in [3.63, 3.8) is 0 Å². The lowest BCUT2D eigenvalue weighted by Crippen LogP contribution is -2.32. The molecule has 0 aliphatic heterocycles. The molecule has 3 nitrogen and oxygen atoms in total. The van der Waals surface area contributed by atoms with Crippen molar-refractivity contribution >= 4 is 60.5 Å². The summed E-state index contributed by atoms with van der Waals surface area (Å²) in [4.78, 5) is 14.5. The smallest absolute Gasteiger partial charge is 0.260 e. The molecule has 0 unspecified atom stereocenters. The van der Waals surface area contributed by atoms with Gasteiger partial charge < -0.3 is 10.6 Å². The number of nitrogens with zero attached hydrogens (tertiary/aromatic N) is 1. The standard InChI is InChI=1S/C14H14Br2N2OS/c1-2-7-18(11-6-4-3-5-10(11)17)14(19)9-8-12(15)20-13(9)16/h3-6,8H,2,7,17H2,1H3. The molecule has 1 amide bonds. The molecule has 2 rings (SSSR count). The van der Waals surface area contributed by atoms with Gasteiger partial charge in [0.25, 0.3) is 5.91 Å². The van der Waals surface area contributed by atoms with E-state index in [-0.39, 0.29) is 5.91 Å². The molecular weight excluding hydrogens is 404 g/mol. The molecule has 0 aliphatic rings. The summed E-state index contributed by atoms with van der Waals surface area (Å²) >= 11 is 8.33. The molecule has 2 N–H and O–H groups in total. The third kappa shape index (κ3) is 3.24. The topological polar surface area (TPSA) is 46.3 Å². The van der Waals surface area contributed by atoms with E-state index in [0.29, 0.717) is 17.8 Å². The van der Waals surface area contributed by atoms with Crippen LogP contribution in [0.15, 0.2) is 37.9 Å². The van der Waals surface area contributed by atoms with Crippen LogP contribution in [0, 0.1) is 0 Å². The molecule has 0 radical (unpaired) electrons. The number of carbonyl (C=O) groups excluding carboxylic acids is 1. The predicted octanol–water partition coefficient (Wildman–Crippen LogP) is 4.91. The van der Waals surface area contributed by atoms with Gasteiger partial charge in [-0.1, -0.05) is 19.1 Å². The lowest BCUT2D eigenvalue weighted by molar-refractivity contribution is 0.0987. The van der Waals surface area contributed by atoms with E-state index in [1.165, 1.54) is 11.3 Å². The maximum Gasteiger partial charge on any atom is 0.260 e. The molecule has 0 saturated carbocycles. The molecule has 6 heteroatoms. The van der Waals surface area contributed by atoms with Crippen LogP contribution in [-0.2, 0) is 0 Å². The van der Waals surface area contributed by atoms with Gasteiger partial charge in [0.1, 0.15) is 0 Å². The van der Waals surface area contributed by atoms with Crippen molar-refractivity contribution in [2.75, 3.05) is 17.2 Å². The number of benzene rings is 1. The van der Waals surface area contributed by atoms with Crippen molar-refractivity contribution in [3.8, 4) is 0 Å². The third-order valence-electron chi connectivity index (χ3n) is 2.81. The minimum absolute atomic E-state index is 0.0430. The lowest BCUT2D eigenvalue weighted by Gasteiger charge is -2.23. The number of para-hydroxylation sites is 2. The maximum atomic E-state index is 12.7. The molecular formula is C14H14Br2N2OS. The molecule has 0 fully saturated rings. The van der Waals surface area contributed by atoms with Gasteiger partial charge in [-0.15, -0.1) is 11.3 Å². The summed E-state index contributed by atoms with van der Waals surface area (Å²) in [5, 5.41) is 0. The highest BCUT2D eigenvalue weighted by Crippen LogP contribution is 2.34. The largest absolute Gasteiger partial charge is 0.397 e. The molecule has 106 valence electrons. The minimum Gasteiger partial charge on any atom is -0.397 e. The van der Waals surface area contributed by atoms with Crippen LogP contribution in [0.3, 0.4) is 0 Å². The Morgan fingerprint density at radius 3 is 2.60 bits per heavy atom. The number of halogens is 2. The van der Waals surface area contributed by atoms with Crippen molar-refractivity contribution in [3.05, 3.63) is 43.5 Å². The number of rotatable bonds is 4. The fourth-order valence-corrected chi connectivity index (χ4v) is 4.70. The quantitative estimate of drug-likeness (QED) is 0.718. The number of carbonyl (C=O) groups is 1. The Morgan fingerprint density at radius 1 is 1.35 bits per heavy atom. The van der Waals surface area contributed by atoms with E-state index in [0.717, 1.165) is 19.7 Å². The molecule has 0 aliphatic carbocycles. The van der Waals surface area contributed by atoms with E-state index in [4.69, 9.17) is 5.73 Å². The number of amides is 1. The molecule has 1 heterocycles. The Morgan fingerprint density at radius 2 is 2.05 bits per heavy atom. The van der Waals surface area contributed by atoms with E-state index in [9.17, 15) is 4.79 Å². The summed E-state index contributed by atoms with van der Waals surface area (Å²) < 4.78 is 1.75. The van der Waals surface area contributed by atoms with Gasteiger partial charge in [-0.05, 0) is 56.5 Å². The Hall–Kier alpha value is -0.850. The van der Waals surface area contributed by atoms with Gasteiger partial charge in [0.15, 0.2) is 0 Å². The van der Waals surface area contributed by atoms with Crippen LogP contribution >= 0.6 is 43.2 Å². The van der Waals surface area contributed by atoms with Crippen LogP contribution in [0.2, 0.25) is 0 Å². The lowest BCUT2D eigenvalue weighted by atomic mass is 10.2. The van der Waals surface area contributed by atoms with Gasteiger partial charge in [-0.25, -0.2) is 0 Å². The average molecular weight is 418 g/mol. The molecule has 2 aromatic rings. The van der Waals surface area contributed by atoms with Crippen molar-refractivity contribution < 1.29 is 4.79 Å². The van der Waals surface area contributed by atoms with Crippen molar-refractivity contribution in [1.82, 2.24) is 0 Å². The molecule has 0 bridgehead atoms. The molecule has 20 heavy (non-hydrogen) atoms. The average Bonchev–Trinajstić information content (AvgIpc) is 2.75. The van der Waals surface area contributed by atoms with Gasteiger partial charge >= 0.3 is 0 Å². The first-order valence-corrected chi connectivity index (χ1v) is 8.56. The van der Waals surface area contributed by atoms with Crippen LogP contribution in [0.4, 0.5) is 11.4 Å². The van der Waals surface area contributed by atoms with Gasteiger partial charge in [-0.2, -0.15) is 0 Å². The second-order valence-corrected chi connectivity index (χ2v) is 8.00. The van der Waals surface area contributed by atoms with Gasteiger partial charge in [0.05, 0.1) is 24.5 Å². The van der Waals surface area contributed by atoms with E-state index in [1.807, 2.05) is 37.3 Å². The van der Waals surface area contributed by atoms with Gasteiger partial charge in [0.2, 0.25) is 0 Å². The molecule has 0 saturated heterocycles. The molecule has 1 aromatic heterocycles. The fourth-order valence-electron chi connectivity index (χ4n) is 1.92. The zero-order chi connectivity index (χ0) is 14.7. The van der Waals surface area contributed by atoms with Gasteiger partial charge in [-0.3, -0.25) is 4.79 Å². The fraction of sp³-hybridized carbons (Fsp3) is 0.214. The van der Waals surface area contributed by atoms with Crippen LogP contribution in [-0.4, -0.2) is 12.5 Å². The number of nitrogens with two attached hydrogens (primary N) is 1. The SMILES string of the molecule is CCCN(C(=O)c1cc(Br)sc1Br)c1ccccc1N. The van der Waals surface area contributed by atoms with E-state index in [1.54, 1.807) is 4.90 Å². The highest BCUT2D eigenvalue weighted by molar-refractivity contribution is 9.12. The van der Waals surface area contributed by atoms with Crippen molar-refractivity contribution in [1.29, 1.82) is 0 Å². The first-order valence-electron chi connectivity index (χ1n) is 6.15. The second kappa shape index (κ2) is 6.74. The number of nitrogen functional groups attached to an aromatic ring is 1. The third-order valence-corrected chi connectivity index (χ3v) is 5.15. The first kappa shape index (κ1) is 15.5. The van der Waals surface area contributed by atoms with Crippen LogP contribution in [0.5, 0.6) is 0 Å². The molecule has 1 aromatic carbocycles. The van der Waals surface area contributed by atoms with Gasteiger partial charge in [0, 0.05) is 6.54 Å². The number of hydrogen-bond acceptors (Lipinski definition) is 3. The highest BCUT2D eigenvalue weighted by atomic mass is 79.9. The van der Waals surface area contributed by atoms with Crippen LogP contribution in [0.1, 0.15) is 23.7 Å². The summed E-state index contributed by atoms with van der Waals surface area (Å²) in [6.07, 6.45) is 0.864. The normalized spacial score (nSPS) is 10.6. The molecule has 0 atom stereocenters. The summed E-state index contributed by atoms with van der Waals surface area (Å²) in [7, 11) is 0. The Bertz CT molecular complexity index is 627. The Labute approximate surface area is 139 Å². The summed E-state index contributed by atoms with van der Waals surface area (Å²) in [5.74, 6) is -0.0430. The Kier molecular flexibility index (Phi) is 5.23. The van der Waals surface area contributed by atoms with E-state index < -0.39 is 0 Å². The monoisotopic (exact) mass is 416 g/mol. The first-order chi connectivity index (χ1) is 9.54. The van der Waals surface area contributed by atoms with Crippen LogP contribution in [0.25, 0.3) is 0 Å². The van der Waals surface area contributed by atoms with Crippen LogP contribution < -0.4 is 10.6 Å². The van der Waals surface area contributed by atoms with Crippen molar-refractivity contribution in [2.24, 2.45) is 0 Å². The van der Waals surface area contributed by atoms with Crippen molar-refractivity contribution in [2.45, 2.75) is 13.3 Å². The number of hydrogen-bond donors (Lipinski definition) is 1. The zero-order valence-corrected chi connectivity index (χ0v) is 14.9. The van der Waals surface area contributed by atoms with E-state index in [2.05, 4.69) is 31.9 Å². The summed E-state index contributed by atoms with van der Waals surface area (Å²) in [6, 6.07) is 9.27. The van der Waals surface area contributed by atoms with E-state index >= 15 is 0 Å². The minimum atomic E-state index is -0.0430. The predicted molar refractivity (Wildman–Crippen MR) is 92.5 cm³/mol. The Balaban J connectivity index is 2.41. The summed E-state index contributed by atoms with van der Waals surface area (Å²) in [6.45, 7) is 2.67. The maximum absolute atomic E-state index is 12.7. The highest BCUT2D eigenvalue weighted by Gasteiger charge is 2.22. The number of thiophene rings is 1. The molecule has 0 spiro atoms. The summed E-state index contributed by atoms with van der Waals surface area (Å²) in [5.41, 5.74) is 8.02. The second-order valence-electron chi connectivity index (χ2n) is 4.25. The number of anilines is 2.